The standard InChI is InChI=1S/C32H15N3O/c1-2-6-14-13(5-1)29-25-23-19(34-29)10-9-17-21(23)22-18(33-17)11-12-20-24(22)28-27-26(25)30(14)35-31(27)15-7-3-4-8-16(15)32(28)36-20/h1-12,33-35H. The summed E-state index contributed by atoms with van der Waals surface area (Å²) in [5.41, 5.74) is 9.00. The number of hydrogen-bond acceptors (Lipinski definition) is 1. The van der Waals surface area contributed by atoms with E-state index in [1.165, 1.54) is 81.3 Å². The van der Waals surface area contributed by atoms with Crippen LogP contribution in [0.3, 0.4) is 0 Å². The molecule has 3 N–H and O–H groups in total. The van der Waals surface area contributed by atoms with Crippen LogP contribution >= 0.6 is 0 Å². The summed E-state index contributed by atoms with van der Waals surface area (Å²) in [4.78, 5) is 11.5. The summed E-state index contributed by atoms with van der Waals surface area (Å²) in [6.07, 6.45) is 0. The van der Waals surface area contributed by atoms with Gasteiger partial charge >= 0.3 is 0 Å². The van der Waals surface area contributed by atoms with Crippen molar-refractivity contribution < 1.29 is 4.42 Å². The van der Waals surface area contributed by atoms with Crippen molar-refractivity contribution in [3.05, 3.63) is 72.8 Å². The van der Waals surface area contributed by atoms with Crippen molar-refractivity contribution in [3.8, 4) is 0 Å². The highest BCUT2D eigenvalue weighted by Crippen LogP contribution is 2.53. The first-order valence-corrected chi connectivity index (χ1v) is 12.4. The number of H-pyrrole nitrogens is 3. The van der Waals surface area contributed by atoms with E-state index in [0.717, 1.165) is 27.6 Å². The molecular weight excluding hydrogens is 442 g/mol. The third-order valence-corrected chi connectivity index (χ3v) is 8.75. The molecule has 0 spiro atoms. The molecule has 7 aromatic carbocycles. The fourth-order valence-electron chi connectivity index (χ4n) is 7.46. The number of aromatic amines is 3. The lowest BCUT2D eigenvalue weighted by atomic mass is 9.91. The maximum Gasteiger partial charge on any atom is 0.144 e. The van der Waals surface area contributed by atoms with Gasteiger partial charge in [0.1, 0.15) is 11.2 Å². The molecule has 0 saturated carbocycles. The van der Waals surface area contributed by atoms with E-state index < -0.39 is 0 Å². The number of furan rings is 1. The highest BCUT2D eigenvalue weighted by atomic mass is 16.3. The lowest BCUT2D eigenvalue weighted by molar-refractivity contribution is 0.673. The van der Waals surface area contributed by atoms with Crippen molar-refractivity contribution in [2.75, 3.05) is 0 Å². The average molecular weight is 457 g/mol. The number of aromatic nitrogens is 3. The van der Waals surface area contributed by atoms with Crippen molar-refractivity contribution in [1.29, 1.82) is 0 Å². The lowest BCUT2D eigenvalue weighted by Crippen LogP contribution is -1.82. The van der Waals surface area contributed by atoms with E-state index in [4.69, 9.17) is 4.42 Å². The van der Waals surface area contributed by atoms with Crippen LogP contribution in [0.15, 0.2) is 77.2 Å². The molecule has 11 aromatic rings. The minimum Gasteiger partial charge on any atom is -0.455 e. The molecule has 0 aliphatic rings. The first-order valence-electron chi connectivity index (χ1n) is 12.4. The zero-order valence-electron chi connectivity index (χ0n) is 18.8. The zero-order chi connectivity index (χ0) is 22.9. The molecule has 0 bridgehead atoms. The molecule has 0 atom stereocenters. The van der Waals surface area contributed by atoms with Crippen LogP contribution in [-0.4, -0.2) is 15.0 Å². The van der Waals surface area contributed by atoms with Gasteiger partial charge in [0.05, 0.1) is 16.6 Å². The summed E-state index contributed by atoms with van der Waals surface area (Å²) >= 11 is 0. The van der Waals surface area contributed by atoms with Crippen LogP contribution < -0.4 is 0 Å². The van der Waals surface area contributed by atoms with Gasteiger partial charge in [-0.05, 0) is 24.3 Å². The third kappa shape index (κ3) is 1.51. The molecule has 4 heterocycles. The Kier molecular flexibility index (Phi) is 2.32. The minimum absolute atomic E-state index is 0.943. The Hall–Kier alpha value is -4.96. The fraction of sp³-hybridized carbons (Fsp3) is 0. The van der Waals surface area contributed by atoms with Crippen molar-refractivity contribution in [3.63, 3.8) is 0 Å². The van der Waals surface area contributed by atoms with Crippen LogP contribution in [0.4, 0.5) is 0 Å². The molecule has 36 heavy (non-hydrogen) atoms. The Balaban J connectivity index is 1.72. The number of fused-ring (bicyclic) bond motifs is 6. The van der Waals surface area contributed by atoms with E-state index in [0.29, 0.717) is 0 Å². The Morgan fingerprint density at radius 2 is 0.889 bits per heavy atom. The van der Waals surface area contributed by atoms with Crippen molar-refractivity contribution in [2.45, 2.75) is 0 Å². The molecule has 0 unspecified atom stereocenters. The highest BCUT2D eigenvalue weighted by Gasteiger charge is 2.28. The number of benzene rings is 6. The molecular formula is C32H15N3O. The van der Waals surface area contributed by atoms with Crippen LogP contribution in [0.1, 0.15) is 0 Å². The van der Waals surface area contributed by atoms with Gasteiger partial charge in [0, 0.05) is 81.2 Å². The molecule has 0 aliphatic carbocycles. The Morgan fingerprint density at radius 1 is 0.389 bits per heavy atom. The van der Waals surface area contributed by atoms with Crippen LogP contribution in [0, 0.1) is 0 Å². The van der Waals surface area contributed by atoms with Gasteiger partial charge in [-0.25, -0.2) is 0 Å². The average Bonchev–Trinajstić information content (AvgIpc) is 3.66. The molecule has 0 amide bonds. The normalized spacial score (nSPS) is 13.6. The van der Waals surface area contributed by atoms with Crippen LogP contribution in [-0.2, 0) is 0 Å². The Labute approximate surface area is 201 Å². The predicted octanol–water partition coefficient (Wildman–Crippen LogP) is 9.11. The van der Waals surface area contributed by atoms with Crippen molar-refractivity contribution >= 4 is 109 Å². The zero-order valence-corrected chi connectivity index (χ0v) is 18.8. The van der Waals surface area contributed by atoms with Gasteiger partial charge in [0.25, 0.3) is 0 Å². The van der Waals surface area contributed by atoms with Crippen LogP contribution in [0.5, 0.6) is 0 Å². The lowest BCUT2D eigenvalue weighted by Gasteiger charge is -2.08. The van der Waals surface area contributed by atoms with Crippen LogP contribution in [0.2, 0.25) is 0 Å². The second kappa shape index (κ2) is 5.02. The number of hydrogen-bond donors (Lipinski definition) is 3. The molecule has 164 valence electrons. The second-order valence-electron chi connectivity index (χ2n) is 10.3. The summed E-state index contributed by atoms with van der Waals surface area (Å²) in [6.45, 7) is 0. The summed E-state index contributed by atoms with van der Waals surface area (Å²) < 4.78 is 6.73. The Bertz CT molecular complexity index is 2510. The highest BCUT2D eigenvalue weighted by molar-refractivity contribution is 6.49. The van der Waals surface area contributed by atoms with Gasteiger partial charge in [-0.1, -0.05) is 48.5 Å². The van der Waals surface area contributed by atoms with Crippen molar-refractivity contribution in [2.24, 2.45) is 0 Å². The van der Waals surface area contributed by atoms with E-state index >= 15 is 0 Å². The third-order valence-electron chi connectivity index (χ3n) is 8.75. The molecule has 11 rings (SSSR count). The van der Waals surface area contributed by atoms with Gasteiger partial charge < -0.3 is 19.4 Å². The predicted molar refractivity (Wildman–Crippen MR) is 150 cm³/mol. The first kappa shape index (κ1) is 16.6. The van der Waals surface area contributed by atoms with Gasteiger partial charge in [0.15, 0.2) is 0 Å². The van der Waals surface area contributed by atoms with E-state index in [-0.39, 0.29) is 0 Å². The maximum absolute atomic E-state index is 6.73. The fourth-order valence-corrected chi connectivity index (χ4v) is 7.46. The summed E-state index contributed by atoms with van der Waals surface area (Å²) in [7, 11) is 0. The summed E-state index contributed by atoms with van der Waals surface area (Å²) in [5, 5.41) is 15.0. The number of rotatable bonds is 0. The van der Waals surface area contributed by atoms with Crippen LogP contribution in [0.25, 0.3) is 109 Å². The monoisotopic (exact) mass is 457 g/mol. The quantitative estimate of drug-likeness (QED) is 0.209. The second-order valence-corrected chi connectivity index (χ2v) is 10.3. The number of nitrogens with one attached hydrogen (secondary N) is 3. The van der Waals surface area contributed by atoms with E-state index in [9.17, 15) is 0 Å². The molecule has 0 aliphatic heterocycles. The molecule has 0 saturated heterocycles. The summed E-state index contributed by atoms with van der Waals surface area (Å²) in [6, 6.07) is 26.1. The van der Waals surface area contributed by atoms with E-state index in [1.807, 2.05) is 0 Å². The topological polar surface area (TPSA) is 60.5 Å². The minimum atomic E-state index is 0.943. The SMILES string of the molecule is c1ccc2c(c1)c1[nH]c3ccc4[nH]c5ccc6oc7c8ccccc8c8[nH]c2c2c1c3c4c5c6c7c82. The van der Waals surface area contributed by atoms with E-state index in [1.54, 1.807) is 0 Å². The van der Waals surface area contributed by atoms with Crippen molar-refractivity contribution in [1.82, 2.24) is 15.0 Å². The van der Waals surface area contributed by atoms with E-state index in [2.05, 4.69) is 87.7 Å². The molecule has 4 heteroatoms. The van der Waals surface area contributed by atoms with Gasteiger partial charge in [-0.2, -0.15) is 0 Å². The van der Waals surface area contributed by atoms with Gasteiger partial charge in [-0.3, -0.25) is 0 Å². The molecule has 4 nitrogen and oxygen atoms in total. The van der Waals surface area contributed by atoms with Gasteiger partial charge in [-0.15, -0.1) is 0 Å². The first-order chi connectivity index (χ1) is 17.9. The summed E-state index contributed by atoms with van der Waals surface area (Å²) in [5.74, 6) is 0. The smallest absolute Gasteiger partial charge is 0.144 e. The van der Waals surface area contributed by atoms with Gasteiger partial charge in [0.2, 0.25) is 0 Å². The molecule has 4 aromatic heterocycles. The maximum atomic E-state index is 6.73. The molecule has 0 radical (unpaired) electrons. The largest absolute Gasteiger partial charge is 0.455 e. The molecule has 0 fully saturated rings. The Morgan fingerprint density at radius 3 is 1.64 bits per heavy atom.